The summed E-state index contributed by atoms with van der Waals surface area (Å²) in [4.78, 5) is 1.89. The summed E-state index contributed by atoms with van der Waals surface area (Å²) < 4.78 is 27.5. The maximum atomic E-state index is 12.9. The van der Waals surface area contributed by atoms with Gasteiger partial charge in [0, 0.05) is 5.56 Å². The number of benzene rings is 2. The van der Waals surface area contributed by atoms with Gasteiger partial charge in [0.25, 0.3) is 0 Å². The average Bonchev–Trinajstić information content (AvgIpc) is 2.58. The molecule has 128 valence electrons. The Labute approximate surface area is 144 Å². The van der Waals surface area contributed by atoms with Crippen molar-refractivity contribution in [2.24, 2.45) is 0 Å². The first kappa shape index (κ1) is 17.1. The summed E-state index contributed by atoms with van der Waals surface area (Å²) in [6.45, 7) is 7.61. The van der Waals surface area contributed by atoms with Crippen LogP contribution in [0.5, 0.6) is 0 Å². The highest BCUT2D eigenvalue weighted by Crippen LogP contribution is 2.21. The first-order chi connectivity index (χ1) is 11.5. The predicted octanol–water partition coefficient (Wildman–Crippen LogP) is 1.39. The van der Waals surface area contributed by atoms with E-state index in [0.29, 0.717) is 18.0 Å². The third kappa shape index (κ3) is 3.69. The van der Waals surface area contributed by atoms with Gasteiger partial charge in [0.1, 0.15) is 6.54 Å². The van der Waals surface area contributed by atoms with Crippen LogP contribution in [0, 0.1) is 13.8 Å². The van der Waals surface area contributed by atoms with Crippen LogP contribution in [0.2, 0.25) is 0 Å². The molecule has 2 aromatic rings. The van der Waals surface area contributed by atoms with Gasteiger partial charge in [-0.3, -0.25) is 0 Å². The molecule has 1 N–H and O–H groups in total. The molecule has 1 fully saturated rings. The minimum absolute atomic E-state index is 0.453. The topological polar surface area (TPSA) is 41.8 Å². The van der Waals surface area contributed by atoms with Crippen molar-refractivity contribution in [1.29, 1.82) is 0 Å². The second-order valence-corrected chi connectivity index (χ2v) is 8.49. The number of piperazine rings is 1. The molecular formula is C19H25N2O2S+. The van der Waals surface area contributed by atoms with E-state index in [1.807, 2.05) is 32.0 Å². The summed E-state index contributed by atoms with van der Waals surface area (Å²) in [5, 5.41) is 0. The molecule has 0 saturated carbocycles. The molecule has 2 aromatic carbocycles. The Bertz CT molecular complexity index is 795. The van der Waals surface area contributed by atoms with Crippen molar-refractivity contribution in [3.8, 4) is 0 Å². The monoisotopic (exact) mass is 345 g/mol. The van der Waals surface area contributed by atoms with Gasteiger partial charge in [-0.2, -0.15) is 4.31 Å². The maximum absolute atomic E-state index is 12.9. The van der Waals surface area contributed by atoms with Gasteiger partial charge in [-0.1, -0.05) is 42.5 Å². The van der Waals surface area contributed by atoms with E-state index in [0.717, 1.165) is 30.8 Å². The average molecular weight is 345 g/mol. The largest absolute Gasteiger partial charge is 0.329 e. The summed E-state index contributed by atoms with van der Waals surface area (Å²) >= 11 is 0. The lowest BCUT2D eigenvalue weighted by atomic mass is 10.2. The molecule has 1 aliphatic rings. The molecule has 0 bridgehead atoms. The molecule has 0 radical (unpaired) electrons. The Balaban J connectivity index is 1.68. The molecule has 3 rings (SSSR count). The normalized spacial score (nSPS) is 17.1. The molecule has 1 saturated heterocycles. The number of nitrogens with one attached hydrogen (secondary N) is 1. The highest BCUT2D eigenvalue weighted by atomic mass is 32.2. The minimum atomic E-state index is -3.39. The standard InChI is InChI=1S/C19H24N2O2S/c1-16-8-9-17(2)19(14-16)24(22,23)21-12-10-20(11-13-21)15-18-6-4-3-5-7-18/h3-9,14H,10-13,15H2,1-2H3/p+1. The highest BCUT2D eigenvalue weighted by molar-refractivity contribution is 7.89. The van der Waals surface area contributed by atoms with Gasteiger partial charge in [-0.05, 0) is 31.0 Å². The first-order valence-electron chi connectivity index (χ1n) is 8.42. The molecule has 24 heavy (non-hydrogen) atoms. The van der Waals surface area contributed by atoms with E-state index in [1.165, 1.54) is 10.5 Å². The van der Waals surface area contributed by atoms with Gasteiger partial charge >= 0.3 is 0 Å². The summed E-state index contributed by atoms with van der Waals surface area (Å²) in [7, 11) is -3.39. The molecule has 1 heterocycles. The van der Waals surface area contributed by atoms with Gasteiger partial charge in [0.2, 0.25) is 10.0 Å². The molecular weight excluding hydrogens is 320 g/mol. The number of rotatable bonds is 4. The zero-order valence-corrected chi connectivity index (χ0v) is 15.1. The van der Waals surface area contributed by atoms with Crippen LogP contribution in [0.15, 0.2) is 53.4 Å². The van der Waals surface area contributed by atoms with E-state index in [4.69, 9.17) is 0 Å². The first-order valence-corrected chi connectivity index (χ1v) is 9.86. The van der Waals surface area contributed by atoms with E-state index >= 15 is 0 Å². The Morgan fingerprint density at radius 1 is 1.00 bits per heavy atom. The van der Waals surface area contributed by atoms with Crippen molar-refractivity contribution in [1.82, 2.24) is 4.31 Å². The summed E-state index contributed by atoms with van der Waals surface area (Å²) in [5.74, 6) is 0. The van der Waals surface area contributed by atoms with Gasteiger partial charge in [0.15, 0.2) is 0 Å². The molecule has 0 spiro atoms. The van der Waals surface area contributed by atoms with E-state index in [2.05, 4.69) is 24.3 Å². The third-order valence-corrected chi connectivity index (χ3v) is 6.73. The van der Waals surface area contributed by atoms with E-state index in [1.54, 1.807) is 10.4 Å². The summed E-state index contributed by atoms with van der Waals surface area (Å²) in [6.07, 6.45) is 0. The molecule has 0 aromatic heterocycles. The van der Waals surface area contributed by atoms with Crippen LogP contribution in [-0.4, -0.2) is 38.9 Å². The number of aryl methyl sites for hydroxylation is 2. The second kappa shape index (κ2) is 7.05. The molecule has 1 aliphatic heterocycles. The summed E-state index contributed by atoms with van der Waals surface area (Å²) in [5.41, 5.74) is 3.10. The lowest BCUT2D eigenvalue weighted by Gasteiger charge is -2.32. The molecule has 5 heteroatoms. The zero-order valence-electron chi connectivity index (χ0n) is 14.3. The lowest BCUT2D eigenvalue weighted by Crippen LogP contribution is -3.13. The number of nitrogens with zero attached hydrogens (tertiary/aromatic N) is 1. The lowest BCUT2D eigenvalue weighted by molar-refractivity contribution is -0.917. The van der Waals surface area contributed by atoms with E-state index < -0.39 is 10.0 Å². The SMILES string of the molecule is Cc1ccc(C)c(S(=O)(=O)N2CC[NH+](Cc3ccccc3)CC2)c1. The maximum Gasteiger partial charge on any atom is 0.243 e. The van der Waals surface area contributed by atoms with Gasteiger partial charge in [-0.25, -0.2) is 8.42 Å². The minimum Gasteiger partial charge on any atom is -0.329 e. The molecule has 0 aliphatic carbocycles. The van der Waals surface area contributed by atoms with Crippen LogP contribution < -0.4 is 4.90 Å². The number of hydrogen-bond acceptors (Lipinski definition) is 2. The van der Waals surface area contributed by atoms with E-state index in [9.17, 15) is 8.42 Å². The Morgan fingerprint density at radius 3 is 2.33 bits per heavy atom. The van der Waals surface area contributed by atoms with Crippen LogP contribution in [0.1, 0.15) is 16.7 Å². The Hall–Kier alpha value is -1.69. The van der Waals surface area contributed by atoms with Gasteiger partial charge < -0.3 is 4.90 Å². The molecule has 0 amide bonds. The fraction of sp³-hybridized carbons (Fsp3) is 0.368. The van der Waals surface area contributed by atoms with Crippen molar-refractivity contribution in [3.05, 3.63) is 65.2 Å². The third-order valence-electron chi connectivity index (χ3n) is 4.69. The smallest absolute Gasteiger partial charge is 0.243 e. The van der Waals surface area contributed by atoms with Crippen molar-refractivity contribution < 1.29 is 13.3 Å². The van der Waals surface area contributed by atoms with Crippen LogP contribution in [0.25, 0.3) is 0 Å². The van der Waals surface area contributed by atoms with Gasteiger partial charge in [0.05, 0.1) is 31.1 Å². The molecule has 0 unspecified atom stereocenters. The van der Waals surface area contributed by atoms with Crippen LogP contribution >= 0.6 is 0 Å². The predicted molar refractivity (Wildman–Crippen MR) is 95.5 cm³/mol. The van der Waals surface area contributed by atoms with Crippen LogP contribution in [0.4, 0.5) is 0 Å². The van der Waals surface area contributed by atoms with Crippen molar-refractivity contribution in [2.45, 2.75) is 25.3 Å². The zero-order chi connectivity index (χ0) is 17.2. The van der Waals surface area contributed by atoms with Crippen molar-refractivity contribution in [3.63, 3.8) is 0 Å². The number of sulfonamides is 1. The van der Waals surface area contributed by atoms with Crippen molar-refractivity contribution >= 4 is 10.0 Å². The fourth-order valence-corrected chi connectivity index (χ4v) is 4.98. The highest BCUT2D eigenvalue weighted by Gasteiger charge is 2.31. The van der Waals surface area contributed by atoms with Crippen LogP contribution in [0.3, 0.4) is 0 Å². The quantitative estimate of drug-likeness (QED) is 0.910. The van der Waals surface area contributed by atoms with E-state index in [-0.39, 0.29) is 0 Å². The van der Waals surface area contributed by atoms with Crippen LogP contribution in [-0.2, 0) is 16.6 Å². The Kier molecular flexibility index (Phi) is 5.04. The Morgan fingerprint density at radius 2 is 1.67 bits per heavy atom. The number of quaternary nitrogens is 1. The molecule has 0 atom stereocenters. The van der Waals surface area contributed by atoms with Crippen molar-refractivity contribution in [2.75, 3.05) is 26.2 Å². The number of hydrogen-bond donors (Lipinski definition) is 1. The fourth-order valence-electron chi connectivity index (χ4n) is 3.23. The van der Waals surface area contributed by atoms with Gasteiger partial charge in [-0.15, -0.1) is 0 Å². The molecule has 4 nitrogen and oxygen atoms in total. The second-order valence-electron chi connectivity index (χ2n) is 6.59. The summed E-state index contributed by atoms with van der Waals surface area (Å²) in [6, 6.07) is 16.0.